The molecule has 0 bridgehead atoms. The first kappa shape index (κ1) is 13.7. The zero-order chi connectivity index (χ0) is 12.8. The number of benzene rings is 1. The van der Waals surface area contributed by atoms with Gasteiger partial charge in [-0.15, -0.1) is 0 Å². The van der Waals surface area contributed by atoms with Gasteiger partial charge in [0.05, 0.1) is 7.11 Å². The minimum Gasteiger partial charge on any atom is -0.464 e. The average molecular weight is 300 g/mol. The molecular formula is C12H14BrNO3. The third-order valence-corrected chi connectivity index (χ3v) is 2.70. The summed E-state index contributed by atoms with van der Waals surface area (Å²) in [5, 5.41) is 3.73. The van der Waals surface area contributed by atoms with Crippen molar-refractivity contribution in [2.75, 3.05) is 14.2 Å². The Labute approximate surface area is 109 Å². The maximum Gasteiger partial charge on any atom is 0.360 e. The molecule has 1 aromatic rings. The molecule has 0 aliphatic carbocycles. The van der Waals surface area contributed by atoms with Crippen LogP contribution in [-0.2, 0) is 14.4 Å². The maximum absolute atomic E-state index is 11.6. The van der Waals surface area contributed by atoms with Crippen LogP contribution in [-0.4, -0.2) is 25.9 Å². The number of alkyl halides is 1. The van der Waals surface area contributed by atoms with Gasteiger partial charge < -0.3 is 9.57 Å². The predicted octanol–water partition coefficient (Wildman–Crippen LogP) is 2.67. The van der Waals surface area contributed by atoms with Crippen LogP contribution in [0.1, 0.15) is 22.9 Å². The summed E-state index contributed by atoms with van der Waals surface area (Å²) in [4.78, 5) is 16.4. The molecule has 1 atom stereocenters. The molecule has 0 radical (unpaired) electrons. The summed E-state index contributed by atoms with van der Waals surface area (Å²) in [5.74, 6) is -0.521. The van der Waals surface area contributed by atoms with E-state index >= 15 is 0 Å². The monoisotopic (exact) mass is 299 g/mol. The van der Waals surface area contributed by atoms with E-state index in [-0.39, 0.29) is 10.5 Å². The van der Waals surface area contributed by atoms with Gasteiger partial charge in [-0.3, -0.25) is 0 Å². The highest BCUT2D eigenvalue weighted by molar-refractivity contribution is 9.09. The fourth-order valence-electron chi connectivity index (χ4n) is 1.44. The van der Waals surface area contributed by atoms with Crippen molar-refractivity contribution in [3.8, 4) is 0 Å². The van der Waals surface area contributed by atoms with Crippen molar-refractivity contribution in [1.29, 1.82) is 0 Å². The molecule has 0 heterocycles. The molecule has 5 heteroatoms. The van der Waals surface area contributed by atoms with Crippen LogP contribution < -0.4 is 0 Å². The Morgan fingerprint density at radius 3 is 2.53 bits per heavy atom. The minimum atomic E-state index is -0.521. The van der Waals surface area contributed by atoms with E-state index < -0.39 is 5.97 Å². The number of esters is 1. The molecule has 1 aromatic carbocycles. The number of hydrogen-bond donors (Lipinski definition) is 0. The molecule has 0 aliphatic heterocycles. The summed E-state index contributed by atoms with van der Waals surface area (Å²) in [6.07, 6.45) is 0. The van der Waals surface area contributed by atoms with E-state index in [1.807, 2.05) is 31.2 Å². The number of rotatable bonds is 4. The van der Waals surface area contributed by atoms with Gasteiger partial charge in [-0.1, -0.05) is 45.4 Å². The van der Waals surface area contributed by atoms with Crippen LogP contribution in [0.3, 0.4) is 0 Å². The summed E-state index contributed by atoms with van der Waals surface area (Å²) in [6.45, 7) is 1.97. The zero-order valence-electron chi connectivity index (χ0n) is 9.94. The molecule has 0 N–H and O–H groups in total. The second kappa shape index (κ2) is 6.39. The summed E-state index contributed by atoms with van der Waals surface area (Å²) < 4.78 is 4.69. The standard InChI is InChI=1S/C12H14BrNO3/c1-8(13)9-6-4-5-7-10(9)11(14-17-3)12(15)16-2/h4-8H,1-3H3. The Bertz CT molecular complexity index is 430. The first-order valence-electron chi connectivity index (χ1n) is 5.04. The van der Waals surface area contributed by atoms with Crippen molar-refractivity contribution in [3.63, 3.8) is 0 Å². The molecule has 0 fully saturated rings. The van der Waals surface area contributed by atoms with Crippen LogP contribution >= 0.6 is 15.9 Å². The average Bonchev–Trinajstić information content (AvgIpc) is 2.35. The molecule has 0 spiro atoms. The van der Waals surface area contributed by atoms with Crippen molar-refractivity contribution in [2.24, 2.45) is 5.16 Å². The van der Waals surface area contributed by atoms with Crippen molar-refractivity contribution in [2.45, 2.75) is 11.8 Å². The normalized spacial score (nSPS) is 13.1. The lowest BCUT2D eigenvalue weighted by Gasteiger charge is -2.11. The van der Waals surface area contributed by atoms with E-state index in [1.54, 1.807) is 0 Å². The second-order valence-corrected chi connectivity index (χ2v) is 4.69. The third kappa shape index (κ3) is 3.30. The lowest BCUT2D eigenvalue weighted by atomic mass is 10.0. The molecule has 4 nitrogen and oxygen atoms in total. The Morgan fingerprint density at radius 1 is 1.35 bits per heavy atom. The molecule has 0 saturated carbocycles. The van der Waals surface area contributed by atoms with Gasteiger partial charge in [-0.2, -0.15) is 0 Å². The quantitative estimate of drug-likeness (QED) is 0.372. The lowest BCUT2D eigenvalue weighted by Crippen LogP contribution is -2.19. The molecular weight excluding hydrogens is 286 g/mol. The molecule has 0 saturated heterocycles. The van der Waals surface area contributed by atoms with Crippen molar-refractivity contribution >= 4 is 27.6 Å². The minimum absolute atomic E-state index is 0.102. The van der Waals surface area contributed by atoms with Gasteiger partial charge in [0.1, 0.15) is 7.11 Å². The Hall–Kier alpha value is -1.36. The largest absolute Gasteiger partial charge is 0.464 e. The highest BCUT2D eigenvalue weighted by Crippen LogP contribution is 2.25. The highest BCUT2D eigenvalue weighted by Gasteiger charge is 2.20. The molecule has 1 unspecified atom stereocenters. The predicted molar refractivity (Wildman–Crippen MR) is 69.3 cm³/mol. The van der Waals surface area contributed by atoms with Crippen molar-refractivity contribution in [1.82, 2.24) is 0 Å². The van der Waals surface area contributed by atoms with Crippen LogP contribution in [0.15, 0.2) is 29.4 Å². The van der Waals surface area contributed by atoms with Crippen LogP contribution in [0.4, 0.5) is 0 Å². The fraction of sp³-hybridized carbons (Fsp3) is 0.333. The number of halogens is 1. The zero-order valence-corrected chi connectivity index (χ0v) is 11.5. The first-order valence-corrected chi connectivity index (χ1v) is 5.96. The molecule has 0 aliphatic rings. The van der Waals surface area contributed by atoms with Gasteiger partial charge in [-0.25, -0.2) is 4.79 Å². The molecule has 0 aromatic heterocycles. The van der Waals surface area contributed by atoms with E-state index in [0.29, 0.717) is 5.56 Å². The highest BCUT2D eigenvalue weighted by atomic mass is 79.9. The van der Waals surface area contributed by atoms with Crippen LogP contribution in [0.25, 0.3) is 0 Å². The smallest absolute Gasteiger partial charge is 0.360 e. The molecule has 92 valence electrons. The van der Waals surface area contributed by atoms with Crippen LogP contribution in [0.5, 0.6) is 0 Å². The van der Waals surface area contributed by atoms with E-state index in [2.05, 4.69) is 30.7 Å². The van der Waals surface area contributed by atoms with Gasteiger partial charge in [0.15, 0.2) is 5.71 Å². The van der Waals surface area contributed by atoms with Crippen LogP contribution in [0, 0.1) is 0 Å². The maximum atomic E-state index is 11.6. The Balaban J connectivity index is 3.28. The van der Waals surface area contributed by atoms with E-state index in [1.165, 1.54) is 14.2 Å². The first-order chi connectivity index (χ1) is 8.11. The van der Waals surface area contributed by atoms with E-state index in [9.17, 15) is 4.79 Å². The Morgan fingerprint density at radius 2 is 2.00 bits per heavy atom. The number of ether oxygens (including phenoxy) is 1. The summed E-state index contributed by atoms with van der Waals surface area (Å²) in [7, 11) is 2.71. The number of methoxy groups -OCH3 is 1. The number of carbonyl (C=O) groups excluding carboxylic acids is 1. The van der Waals surface area contributed by atoms with Gasteiger partial charge in [0, 0.05) is 10.4 Å². The number of oxime groups is 1. The van der Waals surface area contributed by atoms with Gasteiger partial charge in [-0.05, 0) is 12.5 Å². The van der Waals surface area contributed by atoms with Crippen molar-refractivity contribution in [3.05, 3.63) is 35.4 Å². The van der Waals surface area contributed by atoms with Gasteiger partial charge in [0.25, 0.3) is 0 Å². The van der Waals surface area contributed by atoms with Gasteiger partial charge in [0.2, 0.25) is 0 Å². The van der Waals surface area contributed by atoms with E-state index in [0.717, 1.165) is 5.56 Å². The molecule has 1 rings (SSSR count). The second-order valence-electron chi connectivity index (χ2n) is 3.32. The van der Waals surface area contributed by atoms with Gasteiger partial charge >= 0.3 is 5.97 Å². The van der Waals surface area contributed by atoms with Crippen molar-refractivity contribution < 1.29 is 14.4 Å². The topological polar surface area (TPSA) is 47.9 Å². The molecule has 0 amide bonds. The fourth-order valence-corrected chi connectivity index (χ4v) is 1.84. The number of nitrogens with zero attached hydrogens (tertiary/aromatic N) is 1. The molecule has 17 heavy (non-hydrogen) atoms. The number of hydrogen-bond acceptors (Lipinski definition) is 4. The summed E-state index contributed by atoms with van der Waals surface area (Å²) >= 11 is 3.48. The lowest BCUT2D eigenvalue weighted by molar-refractivity contribution is -0.132. The summed E-state index contributed by atoms with van der Waals surface area (Å²) in [5.41, 5.74) is 1.82. The number of carbonyl (C=O) groups is 1. The third-order valence-electron chi connectivity index (χ3n) is 2.21. The summed E-state index contributed by atoms with van der Waals surface area (Å²) in [6, 6.07) is 7.46. The Kier molecular flexibility index (Phi) is 5.15. The SMILES string of the molecule is CON=C(C(=O)OC)c1ccccc1C(C)Br. The van der Waals surface area contributed by atoms with Crippen LogP contribution in [0.2, 0.25) is 0 Å². The van der Waals surface area contributed by atoms with E-state index in [4.69, 9.17) is 0 Å².